The van der Waals surface area contributed by atoms with Crippen molar-refractivity contribution in [1.82, 2.24) is 0 Å². The van der Waals surface area contributed by atoms with Gasteiger partial charge in [0.25, 0.3) is 7.37 Å². The van der Waals surface area contributed by atoms with E-state index in [0.29, 0.717) is 10.9 Å². The minimum atomic E-state index is -3.50. The molecule has 2 atom stereocenters. The van der Waals surface area contributed by atoms with Gasteiger partial charge in [-0.15, -0.1) is 0 Å². The Labute approximate surface area is 170 Å². The van der Waals surface area contributed by atoms with Gasteiger partial charge in [-0.25, -0.2) is 0 Å². The molecule has 2 aromatic carbocycles. The molecule has 1 fully saturated rings. The molecular formula is C21H27BrNO3P. The van der Waals surface area contributed by atoms with Crippen LogP contribution in [0.15, 0.2) is 53.0 Å². The van der Waals surface area contributed by atoms with E-state index < -0.39 is 13.2 Å². The fourth-order valence-corrected chi connectivity index (χ4v) is 6.01. The molecule has 27 heavy (non-hydrogen) atoms. The van der Waals surface area contributed by atoms with E-state index in [2.05, 4.69) is 15.9 Å². The van der Waals surface area contributed by atoms with Crippen LogP contribution in [-0.4, -0.2) is 25.3 Å². The summed E-state index contributed by atoms with van der Waals surface area (Å²) >= 11 is 3.40. The molecule has 2 unspecified atom stereocenters. The second-order valence-corrected chi connectivity index (χ2v) is 10.6. The first kappa shape index (κ1) is 20.6. The minimum absolute atomic E-state index is 0.0665. The van der Waals surface area contributed by atoms with Crippen LogP contribution in [0.25, 0.3) is 0 Å². The van der Waals surface area contributed by atoms with Crippen LogP contribution in [0.5, 0.6) is 0 Å². The third kappa shape index (κ3) is 4.83. The molecule has 0 aromatic heterocycles. The zero-order chi connectivity index (χ0) is 19.4. The minimum Gasteiger partial charge on any atom is -0.378 e. The molecule has 1 aliphatic rings. The Morgan fingerprint density at radius 1 is 1.04 bits per heavy atom. The third-order valence-corrected chi connectivity index (χ3v) is 8.17. The Hall–Kier alpha value is -1.13. The summed E-state index contributed by atoms with van der Waals surface area (Å²) in [5.74, 6) is -1.18. The number of anilines is 1. The highest BCUT2D eigenvalue weighted by Crippen LogP contribution is 2.59. The van der Waals surface area contributed by atoms with Crippen molar-refractivity contribution in [2.24, 2.45) is 0 Å². The van der Waals surface area contributed by atoms with Gasteiger partial charge in [0.05, 0.1) is 6.10 Å². The predicted octanol–water partition coefficient (Wildman–Crippen LogP) is 5.46. The Balaban J connectivity index is 1.96. The first-order valence-electron chi connectivity index (χ1n) is 9.40. The molecule has 3 rings (SSSR count). The second-order valence-electron chi connectivity index (χ2n) is 7.30. The number of hydrogen-bond donors (Lipinski definition) is 1. The molecule has 6 heteroatoms. The highest BCUT2D eigenvalue weighted by atomic mass is 79.9. The van der Waals surface area contributed by atoms with Gasteiger partial charge >= 0.3 is 0 Å². The van der Waals surface area contributed by atoms with Gasteiger partial charge in [0.15, 0.2) is 5.85 Å². The summed E-state index contributed by atoms with van der Waals surface area (Å²) in [4.78, 5) is 1.99. The average Bonchev–Trinajstić information content (AvgIpc) is 2.69. The molecule has 0 saturated heterocycles. The summed E-state index contributed by atoms with van der Waals surface area (Å²) in [6.45, 7) is 0. The van der Waals surface area contributed by atoms with Gasteiger partial charge in [-0.1, -0.05) is 47.3 Å². The van der Waals surface area contributed by atoms with Crippen LogP contribution < -0.4 is 10.2 Å². The van der Waals surface area contributed by atoms with E-state index in [1.165, 1.54) is 6.42 Å². The third-order valence-electron chi connectivity index (χ3n) is 5.07. The normalized spacial score (nSPS) is 18.7. The van der Waals surface area contributed by atoms with Crippen LogP contribution in [-0.2, 0) is 9.09 Å². The standard InChI is InChI=1S/C21H27BrNO3P/c1-23(2)18-12-14-20(15-13-18)27(25,26-19-6-4-3-5-7-19)21(24)16-8-10-17(22)11-9-16/h8-15,19,21,24H,3-7H2,1-2H3. The lowest BCUT2D eigenvalue weighted by molar-refractivity contribution is 0.137. The highest BCUT2D eigenvalue weighted by molar-refractivity contribution is 9.10. The van der Waals surface area contributed by atoms with E-state index in [0.717, 1.165) is 35.8 Å². The van der Waals surface area contributed by atoms with Crippen LogP contribution in [0.1, 0.15) is 43.5 Å². The summed E-state index contributed by atoms with van der Waals surface area (Å²) in [6, 6.07) is 14.7. The van der Waals surface area contributed by atoms with Gasteiger partial charge < -0.3 is 14.5 Å². The van der Waals surface area contributed by atoms with Crippen molar-refractivity contribution < 1.29 is 14.2 Å². The monoisotopic (exact) mass is 451 g/mol. The summed E-state index contributed by atoms with van der Waals surface area (Å²) in [5.41, 5.74) is 1.62. The van der Waals surface area contributed by atoms with Gasteiger partial charge in [-0.3, -0.25) is 4.57 Å². The second kappa shape index (κ2) is 8.91. The molecule has 0 bridgehead atoms. The number of nitrogens with zero attached hydrogens (tertiary/aromatic N) is 1. The molecule has 1 N–H and O–H groups in total. The number of hydrogen-bond acceptors (Lipinski definition) is 4. The average molecular weight is 452 g/mol. The number of halogens is 1. The van der Waals surface area contributed by atoms with Crippen LogP contribution in [0.4, 0.5) is 5.69 Å². The predicted molar refractivity (Wildman–Crippen MR) is 115 cm³/mol. The Kier molecular flexibility index (Phi) is 6.80. The molecule has 2 aromatic rings. The van der Waals surface area contributed by atoms with Crippen molar-refractivity contribution in [2.45, 2.75) is 44.1 Å². The molecule has 4 nitrogen and oxygen atoms in total. The molecular weight excluding hydrogens is 425 g/mol. The van der Waals surface area contributed by atoms with Gasteiger partial charge in [-0.05, 0) is 54.8 Å². The lowest BCUT2D eigenvalue weighted by Crippen LogP contribution is -2.22. The van der Waals surface area contributed by atoms with E-state index in [4.69, 9.17) is 4.52 Å². The maximum Gasteiger partial charge on any atom is 0.264 e. The van der Waals surface area contributed by atoms with Crippen molar-refractivity contribution in [3.8, 4) is 0 Å². The maximum atomic E-state index is 14.1. The van der Waals surface area contributed by atoms with Crippen LogP contribution in [0, 0.1) is 0 Å². The fourth-order valence-electron chi connectivity index (χ4n) is 3.44. The topological polar surface area (TPSA) is 49.8 Å². The largest absolute Gasteiger partial charge is 0.378 e. The lowest BCUT2D eigenvalue weighted by Gasteiger charge is -2.31. The lowest BCUT2D eigenvalue weighted by atomic mass is 9.98. The Morgan fingerprint density at radius 2 is 1.63 bits per heavy atom. The summed E-state index contributed by atoms with van der Waals surface area (Å²) in [6.07, 6.45) is 5.08. The van der Waals surface area contributed by atoms with E-state index in [1.54, 1.807) is 12.1 Å². The van der Waals surface area contributed by atoms with Crippen LogP contribution >= 0.6 is 23.3 Å². The van der Waals surface area contributed by atoms with E-state index in [-0.39, 0.29) is 6.10 Å². The van der Waals surface area contributed by atoms with Crippen molar-refractivity contribution in [3.63, 3.8) is 0 Å². The van der Waals surface area contributed by atoms with E-state index in [1.807, 2.05) is 55.4 Å². The molecule has 0 aliphatic heterocycles. The fraction of sp³-hybridized carbons (Fsp3) is 0.429. The van der Waals surface area contributed by atoms with Gasteiger partial charge in [0.2, 0.25) is 0 Å². The summed E-state index contributed by atoms with van der Waals surface area (Å²) < 4.78 is 21.2. The molecule has 1 aliphatic carbocycles. The molecule has 0 amide bonds. The smallest absolute Gasteiger partial charge is 0.264 e. The maximum absolute atomic E-state index is 14.1. The number of aliphatic hydroxyl groups excluding tert-OH is 1. The first-order chi connectivity index (χ1) is 12.9. The molecule has 0 spiro atoms. The quantitative estimate of drug-likeness (QED) is 0.592. The highest BCUT2D eigenvalue weighted by Gasteiger charge is 2.39. The van der Waals surface area contributed by atoms with Gasteiger partial charge in [0, 0.05) is 29.6 Å². The van der Waals surface area contributed by atoms with Crippen molar-refractivity contribution in [3.05, 3.63) is 58.6 Å². The van der Waals surface area contributed by atoms with Crippen LogP contribution in [0.2, 0.25) is 0 Å². The van der Waals surface area contributed by atoms with Gasteiger partial charge in [0.1, 0.15) is 0 Å². The zero-order valence-corrected chi connectivity index (χ0v) is 18.3. The van der Waals surface area contributed by atoms with Gasteiger partial charge in [-0.2, -0.15) is 0 Å². The van der Waals surface area contributed by atoms with Crippen LogP contribution in [0.3, 0.4) is 0 Å². The van der Waals surface area contributed by atoms with Crippen molar-refractivity contribution in [1.29, 1.82) is 0 Å². The summed E-state index contributed by atoms with van der Waals surface area (Å²) in [7, 11) is 0.428. The zero-order valence-electron chi connectivity index (χ0n) is 15.8. The summed E-state index contributed by atoms with van der Waals surface area (Å²) in [5, 5.41) is 11.6. The number of benzene rings is 2. The van der Waals surface area contributed by atoms with Crippen molar-refractivity contribution in [2.75, 3.05) is 19.0 Å². The Bertz CT molecular complexity index is 786. The molecule has 0 radical (unpaired) electrons. The Morgan fingerprint density at radius 3 is 2.19 bits per heavy atom. The SMILES string of the molecule is CN(C)c1ccc(P(=O)(OC2CCCCC2)C(O)c2ccc(Br)cc2)cc1. The molecule has 1 saturated carbocycles. The molecule has 146 valence electrons. The molecule has 0 heterocycles. The number of aliphatic hydroxyl groups is 1. The number of rotatable bonds is 6. The van der Waals surface area contributed by atoms with E-state index >= 15 is 0 Å². The van der Waals surface area contributed by atoms with E-state index in [9.17, 15) is 9.67 Å². The van der Waals surface area contributed by atoms with Crippen molar-refractivity contribution >= 4 is 34.3 Å². The first-order valence-corrected chi connectivity index (χ1v) is 11.9.